The molecule has 0 bridgehead atoms. The van der Waals surface area contributed by atoms with Gasteiger partial charge in [0.05, 0.1) is 16.5 Å². The Balaban J connectivity index is 1.92. The van der Waals surface area contributed by atoms with E-state index >= 15 is 0 Å². The van der Waals surface area contributed by atoms with Gasteiger partial charge in [0.2, 0.25) is 0 Å². The van der Waals surface area contributed by atoms with Crippen LogP contribution < -0.4 is 0 Å². The van der Waals surface area contributed by atoms with Gasteiger partial charge in [-0.05, 0) is 58.7 Å². The van der Waals surface area contributed by atoms with E-state index in [1.54, 1.807) is 11.3 Å². The van der Waals surface area contributed by atoms with Crippen LogP contribution in [0.1, 0.15) is 44.9 Å². The Hall–Kier alpha value is 0.140. The van der Waals surface area contributed by atoms with Crippen LogP contribution in [0.2, 0.25) is 0 Å². The third kappa shape index (κ3) is 3.82. The molecule has 0 spiro atoms. The topological polar surface area (TPSA) is 9.23 Å². The summed E-state index contributed by atoms with van der Waals surface area (Å²) in [6, 6.07) is 4.26. The summed E-state index contributed by atoms with van der Waals surface area (Å²) in [4.78, 5) is 1.32. The van der Waals surface area contributed by atoms with E-state index in [4.69, 9.17) is 4.74 Å². The summed E-state index contributed by atoms with van der Waals surface area (Å²) in [5, 5.41) is 0. The summed E-state index contributed by atoms with van der Waals surface area (Å²) in [6.45, 7) is 7.79. The molecule has 1 aliphatic carbocycles. The van der Waals surface area contributed by atoms with E-state index in [1.807, 2.05) is 0 Å². The molecule has 1 aromatic heterocycles. The lowest BCUT2D eigenvalue weighted by Crippen LogP contribution is -2.34. The fourth-order valence-corrected chi connectivity index (χ4v) is 4.33. The Labute approximate surface area is 123 Å². The maximum absolute atomic E-state index is 6.22. The second kappa shape index (κ2) is 6.53. The highest BCUT2D eigenvalue weighted by atomic mass is 79.9. The van der Waals surface area contributed by atoms with Crippen LogP contribution in [0.25, 0.3) is 0 Å². The van der Waals surface area contributed by atoms with Gasteiger partial charge in [-0.3, -0.25) is 0 Å². The Bertz CT molecular complexity index is 374. The molecule has 102 valence electrons. The van der Waals surface area contributed by atoms with Gasteiger partial charge >= 0.3 is 0 Å². The Morgan fingerprint density at radius 2 is 2.17 bits per heavy atom. The zero-order valence-corrected chi connectivity index (χ0v) is 13.9. The van der Waals surface area contributed by atoms with Crippen LogP contribution in [0.15, 0.2) is 15.9 Å². The van der Waals surface area contributed by atoms with Gasteiger partial charge in [0.1, 0.15) is 0 Å². The highest BCUT2D eigenvalue weighted by Gasteiger charge is 2.31. The fraction of sp³-hybridized carbons (Fsp3) is 0.733. The molecule has 1 aromatic rings. The van der Waals surface area contributed by atoms with Crippen LogP contribution in [0.5, 0.6) is 0 Å². The van der Waals surface area contributed by atoms with Gasteiger partial charge in [-0.2, -0.15) is 0 Å². The van der Waals surface area contributed by atoms with E-state index in [-0.39, 0.29) is 0 Å². The minimum Gasteiger partial charge on any atom is -0.372 e. The summed E-state index contributed by atoms with van der Waals surface area (Å²) in [5.41, 5.74) is 0. The lowest BCUT2D eigenvalue weighted by molar-refractivity contribution is -0.0463. The normalized spacial score (nSPS) is 28.8. The molecule has 1 aliphatic rings. The third-order valence-electron chi connectivity index (χ3n) is 4.03. The molecule has 0 amide bonds. The summed E-state index contributed by atoms with van der Waals surface area (Å²) in [6.07, 6.45) is 4.38. The first-order chi connectivity index (χ1) is 8.56. The van der Waals surface area contributed by atoms with Crippen molar-refractivity contribution in [1.29, 1.82) is 0 Å². The molecule has 18 heavy (non-hydrogen) atoms. The van der Waals surface area contributed by atoms with Crippen LogP contribution in [-0.2, 0) is 11.3 Å². The second-order valence-corrected chi connectivity index (χ2v) is 8.43. The zero-order valence-electron chi connectivity index (χ0n) is 11.5. The van der Waals surface area contributed by atoms with E-state index in [2.05, 4.69) is 48.8 Å². The average molecular weight is 331 g/mol. The molecule has 1 heterocycles. The first kappa shape index (κ1) is 14.5. The van der Waals surface area contributed by atoms with Crippen LogP contribution in [-0.4, -0.2) is 6.10 Å². The predicted molar refractivity (Wildman–Crippen MR) is 81.9 cm³/mol. The van der Waals surface area contributed by atoms with Gasteiger partial charge in [0.25, 0.3) is 0 Å². The maximum atomic E-state index is 6.22. The number of ether oxygens (including phenoxy) is 1. The molecule has 0 saturated heterocycles. The van der Waals surface area contributed by atoms with Crippen molar-refractivity contribution in [3.8, 4) is 0 Å². The summed E-state index contributed by atoms with van der Waals surface area (Å²) in [5.74, 6) is 2.29. The first-order valence-corrected chi connectivity index (χ1v) is 8.53. The standard InChI is InChI=1S/C15H23BrOS/c1-10(2)13-6-4-11(3)8-14(13)17-9-12-5-7-15(16)18-12/h5,7,10-11,13-14H,4,6,8-9H2,1-3H3. The predicted octanol–water partition coefficient (Wildman–Crippen LogP) is 5.49. The Morgan fingerprint density at radius 1 is 1.39 bits per heavy atom. The monoisotopic (exact) mass is 330 g/mol. The van der Waals surface area contributed by atoms with Crippen LogP contribution in [0.4, 0.5) is 0 Å². The van der Waals surface area contributed by atoms with Crippen LogP contribution in [0, 0.1) is 17.8 Å². The fourth-order valence-electron chi connectivity index (χ4n) is 2.92. The van der Waals surface area contributed by atoms with Crippen molar-refractivity contribution in [3.05, 3.63) is 20.8 Å². The largest absolute Gasteiger partial charge is 0.372 e. The first-order valence-electron chi connectivity index (χ1n) is 6.92. The van der Waals surface area contributed by atoms with Crippen LogP contribution >= 0.6 is 27.3 Å². The minimum atomic E-state index is 0.453. The summed E-state index contributed by atoms with van der Waals surface area (Å²) in [7, 11) is 0. The zero-order chi connectivity index (χ0) is 13.1. The van der Waals surface area contributed by atoms with Gasteiger partial charge in [0.15, 0.2) is 0 Å². The minimum absolute atomic E-state index is 0.453. The molecule has 1 nitrogen and oxygen atoms in total. The number of hydrogen-bond acceptors (Lipinski definition) is 2. The summed E-state index contributed by atoms with van der Waals surface area (Å²) >= 11 is 5.28. The van der Waals surface area contributed by atoms with Crippen molar-refractivity contribution >= 4 is 27.3 Å². The Kier molecular flexibility index (Phi) is 5.28. The molecular weight excluding hydrogens is 308 g/mol. The SMILES string of the molecule is CC1CCC(C(C)C)C(OCc2ccc(Br)s2)C1. The van der Waals surface area contributed by atoms with Gasteiger partial charge in [-0.25, -0.2) is 0 Å². The molecule has 3 heteroatoms. The van der Waals surface area contributed by atoms with E-state index < -0.39 is 0 Å². The molecule has 0 radical (unpaired) electrons. The lowest BCUT2D eigenvalue weighted by atomic mass is 9.75. The lowest BCUT2D eigenvalue weighted by Gasteiger charge is -2.37. The van der Waals surface area contributed by atoms with Crippen molar-refractivity contribution in [3.63, 3.8) is 0 Å². The molecule has 1 fully saturated rings. The molecule has 0 aromatic carbocycles. The summed E-state index contributed by atoms with van der Waals surface area (Å²) < 4.78 is 7.41. The highest BCUT2D eigenvalue weighted by Crippen LogP contribution is 2.36. The maximum Gasteiger partial charge on any atom is 0.0813 e. The number of halogens is 1. The van der Waals surface area contributed by atoms with Gasteiger partial charge in [0, 0.05) is 4.88 Å². The molecule has 0 N–H and O–H groups in total. The quantitative estimate of drug-likeness (QED) is 0.709. The molecule has 0 aliphatic heterocycles. The van der Waals surface area contributed by atoms with E-state index in [1.165, 1.54) is 27.9 Å². The Morgan fingerprint density at radius 3 is 2.78 bits per heavy atom. The van der Waals surface area contributed by atoms with Crippen molar-refractivity contribution in [2.75, 3.05) is 0 Å². The number of thiophene rings is 1. The van der Waals surface area contributed by atoms with E-state index in [0.29, 0.717) is 6.10 Å². The molecule has 2 rings (SSSR count). The molecule has 3 atom stereocenters. The van der Waals surface area contributed by atoms with Gasteiger partial charge in [-0.1, -0.05) is 27.2 Å². The number of rotatable bonds is 4. The average Bonchev–Trinajstić information content (AvgIpc) is 2.72. The third-order valence-corrected chi connectivity index (χ3v) is 5.63. The van der Waals surface area contributed by atoms with Crippen LogP contribution in [0.3, 0.4) is 0 Å². The molecule has 3 unspecified atom stereocenters. The van der Waals surface area contributed by atoms with Crippen molar-refractivity contribution < 1.29 is 4.74 Å². The van der Waals surface area contributed by atoms with Gasteiger partial charge < -0.3 is 4.74 Å². The van der Waals surface area contributed by atoms with Crippen molar-refractivity contribution in [2.45, 2.75) is 52.7 Å². The van der Waals surface area contributed by atoms with Crippen molar-refractivity contribution in [2.24, 2.45) is 17.8 Å². The van der Waals surface area contributed by atoms with Gasteiger partial charge in [-0.15, -0.1) is 11.3 Å². The second-order valence-electron chi connectivity index (χ2n) is 5.88. The highest BCUT2D eigenvalue weighted by molar-refractivity contribution is 9.11. The van der Waals surface area contributed by atoms with E-state index in [0.717, 1.165) is 24.4 Å². The number of hydrogen-bond donors (Lipinski definition) is 0. The van der Waals surface area contributed by atoms with E-state index in [9.17, 15) is 0 Å². The molecule has 1 saturated carbocycles. The molecular formula is C15H23BrOS. The smallest absolute Gasteiger partial charge is 0.0813 e. The van der Waals surface area contributed by atoms with Crippen molar-refractivity contribution in [1.82, 2.24) is 0 Å².